The molecule has 1 aliphatic rings. The summed E-state index contributed by atoms with van der Waals surface area (Å²) in [6, 6.07) is 20.6. The number of hydrogen-bond acceptors (Lipinski definition) is 4. The van der Waals surface area contributed by atoms with Crippen LogP contribution in [0.15, 0.2) is 84.2 Å². The average molecular weight is 453 g/mol. The van der Waals surface area contributed by atoms with Crippen molar-refractivity contribution >= 4 is 34.2 Å². The number of fused-ring (bicyclic) bond motifs is 1. The summed E-state index contributed by atoms with van der Waals surface area (Å²) in [5.41, 5.74) is 6.47. The number of hydrogen-bond donors (Lipinski definition) is 5. The first-order chi connectivity index (χ1) is 16.5. The Labute approximate surface area is 196 Å². The minimum Gasteiger partial charge on any atom is -0.388 e. The number of urea groups is 1. The minimum atomic E-state index is -0.580. The molecule has 5 rings (SSSR count). The van der Waals surface area contributed by atoms with Gasteiger partial charge < -0.3 is 21.3 Å². The molecule has 34 heavy (non-hydrogen) atoms. The molecule has 1 aromatic heterocycles. The zero-order valence-electron chi connectivity index (χ0n) is 18.8. The molecule has 2 heterocycles. The van der Waals surface area contributed by atoms with Crippen LogP contribution in [0, 0.1) is 0 Å². The number of nitrogens with zero attached hydrogens (tertiary/aromatic N) is 1. The molecule has 1 unspecified atom stereocenters. The Morgan fingerprint density at radius 3 is 2.59 bits per heavy atom. The highest BCUT2D eigenvalue weighted by Gasteiger charge is 2.31. The van der Waals surface area contributed by atoms with Crippen LogP contribution >= 0.6 is 0 Å². The largest absolute Gasteiger partial charge is 0.388 e. The molecule has 1 aliphatic heterocycles. The molecular formula is C26H24N6O2. The van der Waals surface area contributed by atoms with Gasteiger partial charge in [0.05, 0.1) is 23.3 Å². The Balaban J connectivity index is 1.43. The molecule has 0 fully saturated rings. The van der Waals surface area contributed by atoms with Gasteiger partial charge in [-0.05, 0) is 53.9 Å². The summed E-state index contributed by atoms with van der Waals surface area (Å²) in [7, 11) is 1.89. The lowest BCUT2D eigenvalue weighted by molar-refractivity contribution is -0.113. The summed E-state index contributed by atoms with van der Waals surface area (Å²) in [4.78, 5) is 25.6. The summed E-state index contributed by atoms with van der Waals surface area (Å²) in [6.45, 7) is 1.73. The van der Waals surface area contributed by atoms with Gasteiger partial charge in [-0.2, -0.15) is 5.10 Å². The fourth-order valence-corrected chi connectivity index (χ4v) is 4.19. The predicted molar refractivity (Wildman–Crippen MR) is 133 cm³/mol. The van der Waals surface area contributed by atoms with Gasteiger partial charge in [0.2, 0.25) is 0 Å². The fourth-order valence-electron chi connectivity index (χ4n) is 4.19. The monoisotopic (exact) mass is 452 g/mol. The van der Waals surface area contributed by atoms with Crippen molar-refractivity contribution in [2.75, 3.05) is 17.7 Å². The van der Waals surface area contributed by atoms with E-state index in [0.29, 0.717) is 17.0 Å². The number of rotatable bonds is 5. The lowest BCUT2D eigenvalue weighted by Crippen LogP contribution is -2.45. The Bertz CT molecular complexity index is 1420. The van der Waals surface area contributed by atoms with Crippen LogP contribution < -0.4 is 21.3 Å². The normalized spacial score (nSPS) is 15.6. The summed E-state index contributed by atoms with van der Waals surface area (Å²) in [6.07, 6.45) is 1.70. The summed E-state index contributed by atoms with van der Waals surface area (Å²) >= 11 is 0. The number of aromatic nitrogens is 2. The van der Waals surface area contributed by atoms with E-state index in [-0.39, 0.29) is 11.9 Å². The molecule has 5 N–H and O–H groups in total. The van der Waals surface area contributed by atoms with Crippen molar-refractivity contribution in [2.24, 2.45) is 0 Å². The summed E-state index contributed by atoms with van der Waals surface area (Å²) in [5, 5.41) is 19.5. The molecule has 1 atom stereocenters. The minimum absolute atomic E-state index is 0.288. The van der Waals surface area contributed by atoms with Crippen molar-refractivity contribution < 1.29 is 9.59 Å². The Morgan fingerprint density at radius 1 is 0.971 bits per heavy atom. The highest BCUT2D eigenvalue weighted by atomic mass is 16.2. The van der Waals surface area contributed by atoms with Crippen molar-refractivity contribution in [3.8, 4) is 11.1 Å². The van der Waals surface area contributed by atoms with E-state index in [2.05, 4.69) is 37.5 Å². The van der Waals surface area contributed by atoms with Gasteiger partial charge in [0.15, 0.2) is 0 Å². The van der Waals surface area contributed by atoms with Crippen LogP contribution in [0.25, 0.3) is 22.0 Å². The topological polar surface area (TPSA) is 111 Å². The van der Waals surface area contributed by atoms with Gasteiger partial charge in [-0.15, -0.1) is 0 Å². The third-order valence-electron chi connectivity index (χ3n) is 5.94. The summed E-state index contributed by atoms with van der Waals surface area (Å²) < 4.78 is 0. The molecule has 8 heteroatoms. The number of amides is 3. The quantitative estimate of drug-likeness (QED) is 0.306. The second-order valence-electron chi connectivity index (χ2n) is 8.15. The summed E-state index contributed by atoms with van der Waals surface area (Å²) in [5.74, 6) is -0.288. The highest BCUT2D eigenvalue weighted by Crippen LogP contribution is 2.30. The second kappa shape index (κ2) is 8.74. The SMILES string of the molecule is CNc1cccc(-c2ccc(C3NC(=O)NC(C)=C3C(=O)Nc3ccc4[nH]ncc4c3)cc2)c1. The predicted octanol–water partition coefficient (Wildman–Crippen LogP) is 4.54. The van der Waals surface area contributed by atoms with Crippen LogP contribution in [0.5, 0.6) is 0 Å². The van der Waals surface area contributed by atoms with Gasteiger partial charge in [0, 0.05) is 29.5 Å². The van der Waals surface area contributed by atoms with E-state index < -0.39 is 6.04 Å². The Kier molecular flexibility index (Phi) is 5.47. The lowest BCUT2D eigenvalue weighted by Gasteiger charge is -2.28. The fraction of sp³-hybridized carbons (Fsp3) is 0.115. The first kappa shape index (κ1) is 21.3. The maximum atomic E-state index is 13.3. The zero-order valence-corrected chi connectivity index (χ0v) is 18.8. The van der Waals surface area contributed by atoms with Crippen molar-refractivity contribution in [3.05, 3.63) is 89.8 Å². The third-order valence-corrected chi connectivity index (χ3v) is 5.94. The number of allylic oxidation sites excluding steroid dienone is 1. The number of nitrogens with one attached hydrogen (secondary N) is 5. The molecule has 0 bridgehead atoms. The van der Waals surface area contributed by atoms with E-state index in [4.69, 9.17) is 0 Å². The maximum absolute atomic E-state index is 13.3. The van der Waals surface area contributed by atoms with Crippen LogP contribution in [0.4, 0.5) is 16.2 Å². The van der Waals surface area contributed by atoms with Crippen LogP contribution in [-0.2, 0) is 4.79 Å². The Hall–Kier alpha value is -4.59. The van der Waals surface area contributed by atoms with Crippen LogP contribution in [0.3, 0.4) is 0 Å². The maximum Gasteiger partial charge on any atom is 0.319 e. The average Bonchev–Trinajstić information content (AvgIpc) is 3.31. The van der Waals surface area contributed by atoms with Crippen molar-refractivity contribution in [2.45, 2.75) is 13.0 Å². The van der Waals surface area contributed by atoms with Gasteiger partial charge in [0.1, 0.15) is 0 Å². The van der Waals surface area contributed by atoms with Gasteiger partial charge >= 0.3 is 6.03 Å². The first-order valence-corrected chi connectivity index (χ1v) is 10.9. The van der Waals surface area contributed by atoms with Gasteiger partial charge in [0.25, 0.3) is 5.91 Å². The van der Waals surface area contributed by atoms with E-state index >= 15 is 0 Å². The van der Waals surface area contributed by atoms with E-state index in [1.54, 1.807) is 13.1 Å². The van der Waals surface area contributed by atoms with Crippen molar-refractivity contribution in [1.29, 1.82) is 0 Å². The van der Waals surface area contributed by atoms with Gasteiger partial charge in [-0.3, -0.25) is 9.89 Å². The highest BCUT2D eigenvalue weighted by molar-refractivity contribution is 6.07. The number of H-pyrrole nitrogens is 1. The number of aromatic amines is 1. The van der Waals surface area contributed by atoms with Crippen LogP contribution in [0.1, 0.15) is 18.5 Å². The van der Waals surface area contributed by atoms with Gasteiger partial charge in [-0.25, -0.2) is 4.79 Å². The van der Waals surface area contributed by atoms with E-state index in [9.17, 15) is 9.59 Å². The van der Waals surface area contributed by atoms with Crippen LogP contribution in [0.2, 0.25) is 0 Å². The van der Waals surface area contributed by atoms with Crippen molar-refractivity contribution in [1.82, 2.24) is 20.8 Å². The van der Waals surface area contributed by atoms with Crippen molar-refractivity contribution in [3.63, 3.8) is 0 Å². The molecule has 0 saturated heterocycles. The van der Waals surface area contributed by atoms with E-state index in [1.807, 2.05) is 67.7 Å². The number of anilines is 2. The smallest absolute Gasteiger partial charge is 0.319 e. The zero-order chi connectivity index (χ0) is 23.7. The number of carbonyl (C=O) groups is 2. The molecule has 3 amide bonds. The molecule has 0 saturated carbocycles. The van der Waals surface area contributed by atoms with Gasteiger partial charge in [-0.1, -0.05) is 36.4 Å². The molecule has 0 radical (unpaired) electrons. The standard InChI is InChI=1S/C26H24N6O2/c1-15-23(25(33)30-21-10-11-22-19(13-21)14-28-32-22)24(31-26(34)29-15)17-8-6-16(7-9-17)18-4-3-5-20(12-18)27-2/h3-14,24,27H,1-2H3,(H,28,32)(H,30,33)(H2,29,31,34). The second-order valence-corrected chi connectivity index (χ2v) is 8.15. The number of benzene rings is 3. The third kappa shape index (κ3) is 4.09. The molecule has 3 aromatic carbocycles. The Morgan fingerprint density at radius 2 is 1.79 bits per heavy atom. The lowest BCUT2D eigenvalue weighted by atomic mass is 9.93. The molecule has 8 nitrogen and oxygen atoms in total. The molecule has 4 aromatic rings. The molecule has 0 aliphatic carbocycles. The van der Waals surface area contributed by atoms with E-state index in [1.165, 1.54) is 0 Å². The van der Waals surface area contributed by atoms with Crippen LogP contribution in [-0.4, -0.2) is 29.2 Å². The first-order valence-electron chi connectivity index (χ1n) is 10.9. The molecular weight excluding hydrogens is 428 g/mol. The molecule has 0 spiro atoms. The van der Waals surface area contributed by atoms with E-state index in [0.717, 1.165) is 33.3 Å². The number of carbonyl (C=O) groups excluding carboxylic acids is 2. The molecule has 170 valence electrons.